The number of hydrogen-bond acceptors (Lipinski definition) is 6. The van der Waals surface area contributed by atoms with Crippen LogP contribution in [0, 0.1) is 11.8 Å². The molecule has 2 N–H and O–H groups in total. The zero-order chi connectivity index (χ0) is 15.7. The number of esters is 2. The lowest BCUT2D eigenvalue weighted by atomic mass is 9.87. The first-order chi connectivity index (χ1) is 9.33. The van der Waals surface area contributed by atoms with Gasteiger partial charge in [0.1, 0.15) is 0 Å². The summed E-state index contributed by atoms with van der Waals surface area (Å²) in [5, 5.41) is 18.2. The molecule has 0 radical (unpaired) electrons. The van der Waals surface area contributed by atoms with E-state index in [4.69, 9.17) is 19.7 Å². The van der Waals surface area contributed by atoms with Gasteiger partial charge in [0.15, 0.2) is 0 Å². The van der Waals surface area contributed by atoms with Crippen molar-refractivity contribution >= 4 is 11.9 Å². The molecular formula is C14H26O6. The lowest BCUT2D eigenvalue weighted by Crippen LogP contribution is -2.35. The second-order valence-corrected chi connectivity index (χ2v) is 5.21. The Morgan fingerprint density at radius 3 is 1.30 bits per heavy atom. The molecule has 0 aliphatic carbocycles. The number of carbonyl (C=O) groups is 2. The fourth-order valence-corrected chi connectivity index (χ4v) is 1.88. The molecule has 0 aromatic rings. The molecule has 0 fully saturated rings. The van der Waals surface area contributed by atoms with Crippen LogP contribution in [0.3, 0.4) is 0 Å². The lowest BCUT2D eigenvalue weighted by Gasteiger charge is -2.25. The van der Waals surface area contributed by atoms with Crippen LogP contribution in [-0.2, 0) is 19.1 Å². The third kappa shape index (κ3) is 6.86. The SMILES string of the molecule is CC(C)OC(=O)[C@@H](CCO)[C@@H](CCO)C(=O)OC(C)C. The first-order valence-corrected chi connectivity index (χ1v) is 6.96. The Kier molecular flexibility index (Phi) is 9.16. The van der Waals surface area contributed by atoms with Crippen molar-refractivity contribution < 1.29 is 29.3 Å². The van der Waals surface area contributed by atoms with Crippen molar-refractivity contribution in [1.82, 2.24) is 0 Å². The Morgan fingerprint density at radius 1 is 0.800 bits per heavy atom. The summed E-state index contributed by atoms with van der Waals surface area (Å²) < 4.78 is 10.2. The molecule has 0 aromatic carbocycles. The first-order valence-electron chi connectivity index (χ1n) is 6.96. The van der Waals surface area contributed by atoms with Gasteiger partial charge >= 0.3 is 11.9 Å². The molecule has 20 heavy (non-hydrogen) atoms. The molecule has 0 saturated carbocycles. The molecule has 118 valence electrons. The van der Waals surface area contributed by atoms with Gasteiger partial charge in [0.2, 0.25) is 0 Å². The highest BCUT2D eigenvalue weighted by molar-refractivity contribution is 5.82. The van der Waals surface area contributed by atoms with Crippen molar-refractivity contribution in [2.24, 2.45) is 11.8 Å². The lowest BCUT2D eigenvalue weighted by molar-refractivity contribution is -0.166. The number of carbonyl (C=O) groups excluding carboxylic acids is 2. The highest BCUT2D eigenvalue weighted by atomic mass is 16.6. The zero-order valence-electron chi connectivity index (χ0n) is 12.7. The van der Waals surface area contributed by atoms with E-state index < -0.39 is 23.8 Å². The van der Waals surface area contributed by atoms with Crippen molar-refractivity contribution in [3.8, 4) is 0 Å². The van der Waals surface area contributed by atoms with Gasteiger partial charge in [-0.05, 0) is 40.5 Å². The predicted octanol–water partition coefficient (Wildman–Crippen LogP) is 0.887. The molecule has 0 aliphatic heterocycles. The summed E-state index contributed by atoms with van der Waals surface area (Å²) in [6.45, 7) is 6.36. The van der Waals surface area contributed by atoms with Gasteiger partial charge in [-0.3, -0.25) is 9.59 Å². The van der Waals surface area contributed by atoms with Crippen molar-refractivity contribution in [2.45, 2.75) is 52.7 Å². The van der Waals surface area contributed by atoms with Gasteiger partial charge < -0.3 is 19.7 Å². The van der Waals surface area contributed by atoms with E-state index in [0.29, 0.717) is 0 Å². The quantitative estimate of drug-likeness (QED) is 0.613. The van der Waals surface area contributed by atoms with Crippen LogP contribution in [0.25, 0.3) is 0 Å². The van der Waals surface area contributed by atoms with Gasteiger partial charge in [-0.25, -0.2) is 0 Å². The Bertz CT molecular complexity index is 270. The van der Waals surface area contributed by atoms with E-state index in [0.717, 1.165) is 0 Å². The topological polar surface area (TPSA) is 93.1 Å². The third-order valence-corrected chi connectivity index (χ3v) is 2.68. The van der Waals surface area contributed by atoms with E-state index in [1.54, 1.807) is 27.7 Å². The fraction of sp³-hybridized carbons (Fsp3) is 0.857. The number of aliphatic hydroxyl groups is 2. The second kappa shape index (κ2) is 9.72. The van der Waals surface area contributed by atoms with Gasteiger partial charge in [0, 0.05) is 13.2 Å². The van der Waals surface area contributed by atoms with E-state index in [1.807, 2.05) is 0 Å². The summed E-state index contributed by atoms with van der Waals surface area (Å²) in [5.74, 6) is -2.71. The van der Waals surface area contributed by atoms with Crippen LogP contribution in [0.1, 0.15) is 40.5 Å². The molecule has 0 bridgehead atoms. The maximum absolute atomic E-state index is 12.0. The van der Waals surface area contributed by atoms with Crippen molar-refractivity contribution in [3.63, 3.8) is 0 Å². The summed E-state index contributed by atoms with van der Waals surface area (Å²) in [4.78, 5) is 24.1. The highest BCUT2D eigenvalue weighted by Gasteiger charge is 2.36. The molecule has 0 heterocycles. The molecule has 0 amide bonds. The second-order valence-electron chi connectivity index (χ2n) is 5.21. The van der Waals surface area contributed by atoms with Crippen LogP contribution in [0.5, 0.6) is 0 Å². The minimum atomic E-state index is -0.805. The molecular weight excluding hydrogens is 264 g/mol. The van der Waals surface area contributed by atoms with Crippen molar-refractivity contribution in [3.05, 3.63) is 0 Å². The average Bonchev–Trinajstić information content (AvgIpc) is 2.31. The van der Waals surface area contributed by atoms with Crippen molar-refractivity contribution in [2.75, 3.05) is 13.2 Å². The fourth-order valence-electron chi connectivity index (χ4n) is 1.88. The number of aliphatic hydroxyl groups excluding tert-OH is 2. The summed E-state index contributed by atoms with van der Waals surface area (Å²) >= 11 is 0. The summed E-state index contributed by atoms with van der Waals surface area (Å²) in [7, 11) is 0. The van der Waals surface area contributed by atoms with Gasteiger partial charge in [0.05, 0.1) is 24.0 Å². The maximum Gasteiger partial charge on any atom is 0.310 e. The summed E-state index contributed by atoms with van der Waals surface area (Å²) in [6, 6.07) is 0. The molecule has 6 nitrogen and oxygen atoms in total. The minimum absolute atomic E-state index is 0.101. The van der Waals surface area contributed by atoms with Crippen LogP contribution < -0.4 is 0 Å². The first kappa shape index (κ1) is 18.9. The van der Waals surface area contributed by atoms with Gasteiger partial charge in [-0.2, -0.15) is 0 Å². The van der Waals surface area contributed by atoms with Gasteiger partial charge in [-0.1, -0.05) is 0 Å². The molecule has 0 rings (SSSR count). The van der Waals surface area contributed by atoms with Crippen LogP contribution in [0.4, 0.5) is 0 Å². The molecule has 0 unspecified atom stereocenters. The predicted molar refractivity (Wildman–Crippen MR) is 72.8 cm³/mol. The van der Waals surface area contributed by atoms with E-state index in [-0.39, 0.29) is 38.3 Å². The Balaban J connectivity index is 5.01. The smallest absolute Gasteiger partial charge is 0.310 e. The van der Waals surface area contributed by atoms with E-state index in [1.165, 1.54) is 0 Å². The average molecular weight is 290 g/mol. The molecule has 0 aromatic heterocycles. The van der Waals surface area contributed by atoms with Crippen LogP contribution in [0.2, 0.25) is 0 Å². The summed E-state index contributed by atoms with van der Waals surface area (Å²) in [6.07, 6.45) is -0.411. The number of hydrogen-bond donors (Lipinski definition) is 2. The molecule has 0 spiro atoms. The molecule has 0 saturated heterocycles. The Morgan fingerprint density at radius 2 is 1.10 bits per heavy atom. The third-order valence-electron chi connectivity index (χ3n) is 2.68. The van der Waals surface area contributed by atoms with Crippen molar-refractivity contribution in [1.29, 1.82) is 0 Å². The van der Waals surface area contributed by atoms with Crippen LogP contribution in [-0.4, -0.2) is 47.6 Å². The van der Waals surface area contributed by atoms with Crippen LogP contribution in [0.15, 0.2) is 0 Å². The largest absolute Gasteiger partial charge is 0.463 e. The monoisotopic (exact) mass is 290 g/mol. The Hall–Kier alpha value is -1.14. The molecule has 6 heteroatoms. The maximum atomic E-state index is 12.0. The zero-order valence-corrected chi connectivity index (χ0v) is 12.7. The highest BCUT2D eigenvalue weighted by Crippen LogP contribution is 2.24. The molecule has 0 aliphatic rings. The minimum Gasteiger partial charge on any atom is -0.463 e. The van der Waals surface area contributed by atoms with Gasteiger partial charge in [0.25, 0.3) is 0 Å². The van der Waals surface area contributed by atoms with Gasteiger partial charge in [-0.15, -0.1) is 0 Å². The van der Waals surface area contributed by atoms with E-state index in [2.05, 4.69) is 0 Å². The normalized spacial score (nSPS) is 14.2. The Labute approximate surface area is 120 Å². The number of rotatable bonds is 9. The number of ether oxygens (including phenoxy) is 2. The standard InChI is InChI=1S/C14H26O6/c1-9(2)19-13(17)11(5-7-15)12(6-8-16)14(18)20-10(3)4/h9-12,15-16H,5-8H2,1-4H3/t11-,12+. The molecule has 2 atom stereocenters. The summed E-state index contributed by atoms with van der Waals surface area (Å²) in [5.41, 5.74) is 0. The van der Waals surface area contributed by atoms with Crippen LogP contribution >= 0.6 is 0 Å². The van der Waals surface area contributed by atoms with E-state index in [9.17, 15) is 9.59 Å². The van der Waals surface area contributed by atoms with E-state index >= 15 is 0 Å².